The van der Waals surface area contributed by atoms with Crippen molar-refractivity contribution in [2.45, 2.75) is 38.8 Å². The summed E-state index contributed by atoms with van der Waals surface area (Å²) in [7, 11) is 3.90. The molecule has 3 unspecified atom stereocenters. The van der Waals surface area contributed by atoms with Gasteiger partial charge in [0.1, 0.15) is 0 Å². The maximum absolute atomic E-state index is 5.61. The minimum Gasteiger partial charge on any atom is -0.380 e. The second-order valence-corrected chi connectivity index (χ2v) is 6.38. The third-order valence-corrected chi connectivity index (χ3v) is 4.80. The van der Waals surface area contributed by atoms with E-state index in [1.165, 1.54) is 24.1 Å². The summed E-state index contributed by atoms with van der Waals surface area (Å²) >= 11 is 0. The Hall–Kier alpha value is -0.900. The third kappa shape index (κ3) is 4.53. The zero-order valence-electron chi connectivity index (χ0n) is 13.9. The molecule has 0 radical (unpaired) electrons. The standard InChI is InChI=1S/C18H30N2O/c1-14-6-5-7-16(12-14)17(19-3)9-11-20-10-8-15(2)18(13-20)21-4/h5-7,12,15,17-19H,8-11,13H2,1-4H3. The first-order valence-corrected chi connectivity index (χ1v) is 8.13. The molecule has 21 heavy (non-hydrogen) atoms. The van der Waals surface area contributed by atoms with Gasteiger partial charge in [0.25, 0.3) is 0 Å². The number of likely N-dealkylation sites (tertiary alicyclic amines) is 1. The molecule has 3 heteroatoms. The molecule has 1 aliphatic rings. The fourth-order valence-electron chi connectivity index (χ4n) is 3.28. The zero-order valence-corrected chi connectivity index (χ0v) is 13.9. The van der Waals surface area contributed by atoms with Crippen LogP contribution >= 0.6 is 0 Å². The van der Waals surface area contributed by atoms with E-state index in [1.54, 1.807) is 0 Å². The first-order valence-electron chi connectivity index (χ1n) is 8.13. The molecular formula is C18H30N2O. The van der Waals surface area contributed by atoms with Gasteiger partial charge in [-0.15, -0.1) is 0 Å². The van der Waals surface area contributed by atoms with Crippen molar-refractivity contribution in [1.82, 2.24) is 10.2 Å². The van der Waals surface area contributed by atoms with Gasteiger partial charge in [-0.05, 0) is 44.8 Å². The van der Waals surface area contributed by atoms with Gasteiger partial charge >= 0.3 is 0 Å². The van der Waals surface area contributed by atoms with Crippen LogP contribution in [-0.2, 0) is 4.74 Å². The molecule has 0 aliphatic carbocycles. The molecule has 2 rings (SSSR count). The third-order valence-electron chi connectivity index (χ3n) is 4.80. The summed E-state index contributed by atoms with van der Waals surface area (Å²) < 4.78 is 5.61. The van der Waals surface area contributed by atoms with Crippen LogP contribution in [-0.4, -0.2) is 44.8 Å². The summed E-state index contributed by atoms with van der Waals surface area (Å²) in [5.41, 5.74) is 2.73. The first-order chi connectivity index (χ1) is 10.1. The van der Waals surface area contributed by atoms with Crippen molar-refractivity contribution >= 4 is 0 Å². The SMILES string of the molecule is CNC(CCN1CCC(C)C(OC)C1)c1cccc(C)c1. The Bertz CT molecular complexity index is 435. The van der Waals surface area contributed by atoms with Gasteiger partial charge in [-0.2, -0.15) is 0 Å². The number of rotatable bonds is 6. The monoisotopic (exact) mass is 290 g/mol. The van der Waals surface area contributed by atoms with Gasteiger partial charge in [0.2, 0.25) is 0 Å². The minimum atomic E-state index is 0.394. The van der Waals surface area contributed by atoms with Crippen LogP contribution in [0.5, 0.6) is 0 Å². The van der Waals surface area contributed by atoms with Crippen LogP contribution in [0, 0.1) is 12.8 Å². The number of nitrogens with zero attached hydrogens (tertiary/aromatic N) is 1. The van der Waals surface area contributed by atoms with E-state index in [-0.39, 0.29) is 0 Å². The van der Waals surface area contributed by atoms with Crippen LogP contribution < -0.4 is 5.32 Å². The van der Waals surface area contributed by atoms with E-state index < -0.39 is 0 Å². The van der Waals surface area contributed by atoms with Crippen molar-refractivity contribution in [3.63, 3.8) is 0 Å². The largest absolute Gasteiger partial charge is 0.380 e. The van der Waals surface area contributed by atoms with Crippen molar-refractivity contribution in [2.75, 3.05) is 33.8 Å². The van der Waals surface area contributed by atoms with Gasteiger partial charge in [0.15, 0.2) is 0 Å². The van der Waals surface area contributed by atoms with E-state index >= 15 is 0 Å². The molecular weight excluding hydrogens is 260 g/mol. The Labute approximate surface area is 129 Å². The van der Waals surface area contributed by atoms with E-state index in [9.17, 15) is 0 Å². The van der Waals surface area contributed by atoms with Crippen LogP contribution in [0.4, 0.5) is 0 Å². The van der Waals surface area contributed by atoms with Crippen LogP contribution in [0.1, 0.15) is 36.9 Å². The summed E-state index contributed by atoms with van der Waals surface area (Å²) in [5.74, 6) is 0.683. The van der Waals surface area contributed by atoms with E-state index in [4.69, 9.17) is 4.74 Å². The number of piperidine rings is 1. The Balaban J connectivity index is 1.88. The Morgan fingerprint density at radius 1 is 1.43 bits per heavy atom. The lowest BCUT2D eigenvalue weighted by atomic mass is 9.95. The highest BCUT2D eigenvalue weighted by Gasteiger charge is 2.26. The summed E-state index contributed by atoms with van der Waals surface area (Å²) in [4.78, 5) is 2.55. The van der Waals surface area contributed by atoms with Gasteiger partial charge in [-0.1, -0.05) is 36.8 Å². The number of methoxy groups -OCH3 is 1. The Kier molecular flexibility index (Phi) is 6.22. The van der Waals surface area contributed by atoms with E-state index in [0.717, 1.165) is 19.5 Å². The van der Waals surface area contributed by atoms with Gasteiger partial charge in [0.05, 0.1) is 6.10 Å². The highest BCUT2D eigenvalue weighted by Crippen LogP contribution is 2.22. The quantitative estimate of drug-likeness (QED) is 0.871. The molecule has 0 amide bonds. The lowest BCUT2D eigenvalue weighted by molar-refractivity contribution is -0.00576. The predicted molar refractivity (Wildman–Crippen MR) is 88.6 cm³/mol. The van der Waals surface area contributed by atoms with Crippen molar-refractivity contribution in [3.8, 4) is 0 Å². The highest BCUT2D eigenvalue weighted by molar-refractivity contribution is 5.25. The number of hydrogen-bond acceptors (Lipinski definition) is 3. The average molecular weight is 290 g/mol. The number of hydrogen-bond donors (Lipinski definition) is 1. The molecule has 1 N–H and O–H groups in total. The number of aryl methyl sites for hydroxylation is 1. The van der Waals surface area contributed by atoms with Crippen molar-refractivity contribution in [2.24, 2.45) is 5.92 Å². The summed E-state index contributed by atoms with van der Waals surface area (Å²) in [6.45, 7) is 7.86. The zero-order chi connectivity index (χ0) is 15.2. The molecule has 0 spiro atoms. The van der Waals surface area contributed by atoms with Gasteiger partial charge < -0.3 is 15.0 Å². The summed E-state index contributed by atoms with van der Waals surface area (Å²) in [5, 5.41) is 3.46. The maximum Gasteiger partial charge on any atom is 0.0724 e. The molecule has 118 valence electrons. The van der Waals surface area contributed by atoms with E-state index in [0.29, 0.717) is 18.1 Å². The van der Waals surface area contributed by atoms with Crippen molar-refractivity contribution in [1.29, 1.82) is 0 Å². The number of benzene rings is 1. The normalized spacial score (nSPS) is 25.0. The average Bonchev–Trinajstić information content (AvgIpc) is 2.49. The maximum atomic E-state index is 5.61. The fraction of sp³-hybridized carbons (Fsp3) is 0.667. The van der Waals surface area contributed by atoms with Crippen LogP contribution in [0.15, 0.2) is 24.3 Å². The predicted octanol–water partition coefficient (Wildman–Crippen LogP) is 3.00. The fourth-order valence-corrected chi connectivity index (χ4v) is 3.28. The van der Waals surface area contributed by atoms with Gasteiger partial charge in [-0.25, -0.2) is 0 Å². The van der Waals surface area contributed by atoms with E-state index in [2.05, 4.69) is 55.4 Å². The molecule has 1 aromatic carbocycles. The second kappa shape index (κ2) is 7.92. The molecule has 1 fully saturated rings. The molecule has 1 heterocycles. The smallest absolute Gasteiger partial charge is 0.0724 e. The van der Waals surface area contributed by atoms with Crippen LogP contribution in [0.2, 0.25) is 0 Å². The van der Waals surface area contributed by atoms with Crippen molar-refractivity contribution < 1.29 is 4.74 Å². The molecule has 0 bridgehead atoms. The molecule has 1 aromatic rings. The first kappa shape index (κ1) is 16.5. The number of nitrogens with one attached hydrogen (secondary N) is 1. The summed E-state index contributed by atoms with van der Waals surface area (Å²) in [6, 6.07) is 9.26. The second-order valence-electron chi connectivity index (χ2n) is 6.38. The van der Waals surface area contributed by atoms with Gasteiger partial charge in [-0.3, -0.25) is 0 Å². The van der Waals surface area contributed by atoms with Crippen LogP contribution in [0.25, 0.3) is 0 Å². The summed E-state index contributed by atoms with van der Waals surface area (Å²) in [6.07, 6.45) is 2.78. The highest BCUT2D eigenvalue weighted by atomic mass is 16.5. The molecule has 3 nitrogen and oxygen atoms in total. The minimum absolute atomic E-state index is 0.394. The molecule has 0 saturated carbocycles. The molecule has 1 aliphatic heterocycles. The van der Waals surface area contributed by atoms with Crippen molar-refractivity contribution in [3.05, 3.63) is 35.4 Å². The Morgan fingerprint density at radius 2 is 2.24 bits per heavy atom. The molecule has 1 saturated heterocycles. The lowest BCUT2D eigenvalue weighted by Gasteiger charge is -2.36. The molecule has 3 atom stereocenters. The van der Waals surface area contributed by atoms with Gasteiger partial charge in [0, 0.05) is 26.2 Å². The topological polar surface area (TPSA) is 24.5 Å². The Morgan fingerprint density at radius 3 is 2.90 bits per heavy atom. The van der Waals surface area contributed by atoms with Crippen LogP contribution in [0.3, 0.4) is 0 Å². The molecule has 0 aromatic heterocycles. The lowest BCUT2D eigenvalue weighted by Crippen LogP contribution is -2.44. The number of ether oxygens (including phenoxy) is 1. The van der Waals surface area contributed by atoms with E-state index in [1.807, 2.05) is 7.11 Å².